The number of carbonyl (C=O) groups excluding carboxylic acids is 1. The van der Waals surface area contributed by atoms with Crippen molar-refractivity contribution in [1.29, 1.82) is 0 Å². The molecule has 1 N–H and O–H groups in total. The number of piperidine rings is 1. The Bertz CT molecular complexity index is 449. The van der Waals surface area contributed by atoms with Gasteiger partial charge in [-0.2, -0.15) is 0 Å². The predicted molar refractivity (Wildman–Crippen MR) is 85.4 cm³/mol. The number of thiophene rings is 1. The van der Waals surface area contributed by atoms with Crippen LogP contribution in [-0.2, 0) is 11.2 Å². The molecule has 2 rings (SSSR count). The molecule has 112 valence electrons. The van der Waals surface area contributed by atoms with Gasteiger partial charge >= 0.3 is 0 Å². The standard InChI is InChI=1S/C16H26N2OS/c1-12-11-14(13(2)20-12)5-4-6-16(19)18(3)15-7-9-17-10-8-15/h11,15,17H,4-10H2,1-3H3. The number of aryl methyl sites for hydroxylation is 3. The average molecular weight is 294 g/mol. The number of nitrogens with one attached hydrogen (secondary N) is 1. The highest BCUT2D eigenvalue weighted by molar-refractivity contribution is 7.12. The molecule has 0 aliphatic carbocycles. The van der Waals surface area contributed by atoms with Crippen LogP contribution in [0.5, 0.6) is 0 Å². The van der Waals surface area contributed by atoms with Gasteiger partial charge in [-0.3, -0.25) is 4.79 Å². The first kappa shape index (κ1) is 15.5. The lowest BCUT2D eigenvalue weighted by Gasteiger charge is -2.31. The fourth-order valence-electron chi connectivity index (χ4n) is 2.94. The van der Waals surface area contributed by atoms with E-state index >= 15 is 0 Å². The summed E-state index contributed by atoms with van der Waals surface area (Å²) in [6, 6.07) is 2.70. The Labute approximate surface area is 126 Å². The fraction of sp³-hybridized carbons (Fsp3) is 0.688. The second-order valence-electron chi connectivity index (χ2n) is 5.78. The van der Waals surface area contributed by atoms with Gasteiger partial charge in [0.1, 0.15) is 0 Å². The zero-order chi connectivity index (χ0) is 14.5. The quantitative estimate of drug-likeness (QED) is 0.905. The van der Waals surface area contributed by atoms with Crippen molar-refractivity contribution >= 4 is 17.2 Å². The van der Waals surface area contributed by atoms with E-state index in [9.17, 15) is 4.79 Å². The zero-order valence-electron chi connectivity index (χ0n) is 12.9. The number of rotatable bonds is 5. The average Bonchev–Trinajstić information content (AvgIpc) is 2.77. The summed E-state index contributed by atoms with van der Waals surface area (Å²) in [4.78, 5) is 17.0. The molecule has 0 atom stereocenters. The SMILES string of the molecule is Cc1cc(CCCC(=O)N(C)C2CCNCC2)c(C)s1. The molecule has 1 fully saturated rings. The Balaban J connectivity index is 1.75. The Morgan fingerprint density at radius 3 is 2.70 bits per heavy atom. The molecule has 0 bridgehead atoms. The maximum absolute atomic E-state index is 12.2. The van der Waals surface area contributed by atoms with Crippen molar-refractivity contribution in [2.75, 3.05) is 20.1 Å². The highest BCUT2D eigenvalue weighted by Gasteiger charge is 2.21. The minimum atomic E-state index is 0.307. The van der Waals surface area contributed by atoms with Gasteiger partial charge in [0, 0.05) is 29.3 Å². The van der Waals surface area contributed by atoms with E-state index in [1.165, 1.54) is 15.3 Å². The molecule has 1 aromatic rings. The molecule has 1 aromatic heterocycles. The van der Waals surface area contributed by atoms with E-state index in [4.69, 9.17) is 0 Å². The van der Waals surface area contributed by atoms with E-state index in [1.807, 2.05) is 23.3 Å². The van der Waals surface area contributed by atoms with Crippen molar-refractivity contribution in [2.24, 2.45) is 0 Å². The lowest BCUT2D eigenvalue weighted by Crippen LogP contribution is -2.43. The van der Waals surface area contributed by atoms with Crippen molar-refractivity contribution in [3.8, 4) is 0 Å². The summed E-state index contributed by atoms with van der Waals surface area (Å²) >= 11 is 1.85. The Morgan fingerprint density at radius 2 is 2.10 bits per heavy atom. The van der Waals surface area contributed by atoms with Gasteiger partial charge in [-0.15, -0.1) is 11.3 Å². The lowest BCUT2D eigenvalue weighted by molar-refractivity contribution is -0.132. The molecular formula is C16H26N2OS. The van der Waals surface area contributed by atoms with Crippen LogP contribution < -0.4 is 5.32 Å². The normalized spacial score (nSPS) is 16.4. The molecule has 0 spiro atoms. The van der Waals surface area contributed by atoms with Gasteiger partial charge in [0.2, 0.25) is 5.91 Å². The van der Waals surface area contributed by atoms with Crippen molar-refractivity contribution in [2.45, 2.75) is 52.0 Å². The molecule has 1 aliphatic rings. The monoisotopic (exact) mass is 294 g/mol. The fourth-order valence-corrected chi connectivity index (χ4v) is 3.91. The van der Waals surface area contributed by atoms with Gasteiger partial charge in [-0.1, -0.05) is 0 Å². The molecule has 1 amide bonds. The van der Waals surface area contributed by atoms with Crippen LogP contribution in [0.15, 0.2) is 6.07 Å². The smallest absolute Gasteiger partial charge is 0.222 e. The van der Waals surface area contributed by atoms with Crippen molar-refractivity contribution in [3.63, 3.8) is 0 Å². The summed E-state index contributed by atoms with van der Waals surface area (Å²) < 4.78 is 0. The van der Waals surface area contributed by atoms with Crippen LogP contribution in [0.4, 0.5) is 0 Å². The van der Waals surface area contributed by atoms with E-state index in [-0.39, 0.29) is 0 Å². The van der Waals surface area contributed by atoms with Gasteiger partial charge in [-0.25, -0.2) is 0 Å². The lowest BCUT2D eigenvalue weighted by atomic mass is 10.0. The second kappa shape index (κ2) is 7.23. The highest BCUT2D eigenvalue weighted by Crippen LogP contribution is 2.22. The zero-order valence-corrected chi connectivity index (χ0v) is 13.7. The van der Waals surface area contributed by atoms with E-state index in [0.29, 0.717) is 18.4 Å². The van der Waals surface area contributed by atoms with E-state index in [2.05, 4.69) is 25.2 Å². The first-order valence-corrected chi connectivity index (χ1v) is 8.42. The third-order valence-electron chi connectivity index (χ3n) is 4.23. The summed E-state index contributed by atoms with van der Waals surface area (Å²) in [5.74, 6) is 0.307. The van der Waals surface area contributed by atoms with Gasteiger partial charge in [0.05, 0.1) is 0 Å². The summed E-state index contributed by atoms with van der Waals surface area (Å²) in [5, 5.41) is 3.34. The first-order valence-electron chi connectivity index (χ1n) is 7.60. The Morgan fingerprint density at radius 1 is 1.40 bits per heavy atom. The Hall–Kier alpha value is -0.870. The largest absolute Gasteiger partial charge is 0.343 e. The molecule has 0 saturated carbocycles. The molecule has 0 radical (unpaired) electrons. The number of nitrogens with zero attached hydrogens (tertiary/aromatic N) is 1. The van der Waals surface area contributed by atoms with Gasteiger partial charge < -0.3 is 10.2 Å². The molecule has 0 aromatic carbocycles. The van der Waals surface area contributed by atoms with Crippen LogP contribution in [0, 0.1) is 13.8 Å². The van der Waals surface area contributed by atoms with Gasteiger partial charge in [0.25, 0.3) is 0 Å². The molecule has 0 unspecified atom stereocenters. The number of hydrogen-bond donors (Lipinski definition) is 1. The van der Waals surface area contributed by atoms with Crippen LogP contribution in [0.3, 0.4) is 0 Å². The summed E-state index contributed by atoms with van der Waals surface area (Å²) in [6.07, 6.45) is 4.85. The van der Waals surface area contributed by atoms with Crippen LogP contribution in [0.2, 0.25) is 0 Å². The number of carbonyl (C=O) groups is 1. The second-order valence-corrected chi connectivity index (χ2v) is 7.24. The van der Waals surface area contributed by atoms with Gasteiger partial charge in [-0.05, 0) is 64.3 Å². The summed E-state index contributed by atoms with van der Waals surface area (Å²) in [5.41, 5.74) is 1.42. The minimum absolute atomic E-state index is 0.307. The third kappa shape index (κ3) is 4.06. The molecule has 1 saturated heterocycles. The predicted octanol–water partition coefficient (Wildman–Crippen LogP) is 2.90. The van der Waals surface area contributed by atoms with Crippen LogP contribution in [-0.4, -0.2) is 37.0 Å². The summed E-state index contributed by atoms with van der Waals surface area (Å²) in [7, 11) is 1.97. The van der Waals surface area contributed by atoms with Crippen LogP contribution in [0.25, 0.3) is 0 Å². The Kier molecular flexibility index (Phi) is 5.61. The highest BCUT2D eigenvalue weighted by atomic mass is 32.1. The third-order valence-corrected chi connectivity index (χ3v) is 5.24. The van der Waals surface area contributed by atoms with Crippen molar-refractivity contribution < 1.29 is 4.79 Å². The van der Waals surface area contributed by atoms with E-state index in [0.717, 1.165) is 38.8 Å². The number of hydrogen-bond acceptors (Lipinski definition) is 3. The van der Waals surface area contributed by atoms with E-state index < -0.39 is 0 Å². The number of amides is 1. The molecule has 3 nitrogen and oxygen atoms in total. The first-order chi connectivity index (χ1) is 9.58. The molecule has 20 heavy (non-hydrogen) atoms. The minimum Gasteiger partial charge on any atom is -0.343 e. The molecular weight excluding hydrogens is 268 g/mol. The topological polar surface area (TPSA) is 32.3 Å². The van der Waals surface area contributed by atoms with Crippen molar-refractivity contribution in [1.82, 2.24) is 10.2 Å². The van der Waals surface area contributed by atoms with E-state index in [1.54, 1.807) is 0 Å². The van der Waals surface area contributed by atoms with Crippen LogP contribution in [0.1, 0.15) is 41.0 Å². The summed E-state index contributed by atoms with van der Waals surface area (Å²) in [6.45, 7) is 6.40. The van der Waals surface area contributed by atoms with Crippen molar-refractivity contribution in [3.05, 3.63) is 21.4 Å². The maximum atomic E-state index is 12.2. The maximum Gasteiger partial charge on any atom is 0.222 e. The molecule has 2 heterocycles. The molecule has 1 aliphatic heterocycles. The van der Waals surface area contributed by atoms with Crippen LogP contribution >= 0.6 is 11.3 Å². The van der Waals surface area contributed by atoms with Gasteiger partial charge in [0.15, 0.2) is 0 Å². The molecule has 4 heteroatoms.